The molecule has 4 N–H and O–H groups in total. The molecule has 1 aliphatic heterocycles. The molecule has 234 valence electrons. The monoisotopic (exact) mass is 634 g/mol. The average Bonchev–Trinajstić information content (AvgIpc) is 3.19. The predicted octanol–water partition coefficient (Wildman–Crippen LogP) is 3.84. The molecule has 0 saturated heterocycles. The minimum Gasteiger partial charge on any atom is -0.350 e. The van der Waals surface area contributed by atoms with Gasteiger partial charge in [-0.2, -0.15) is 16.8 Å². The molecule has 4 rings (SSSR count). The standard InChI is InChI=1S/C24H23N3O5S.C3H9NO3S.C2H6/c1-14-24(2,3)20-12-19(17-6-4-5-7-18(17)22(20)26-14)15-10-16(13-28)27-21(11-15)23(29)25-8-9-33(30,31)32;1-4-2-3-8(5,6)7;1-2/h4-7,10-13H,8-9H2,1-3H3,(H,25,29)(H,30,31,32);4H,2-3H2,1H3,(H,5,6,7);1-2H3. The Balaban J connectivity index is 0.000000561. The van der Waals surface area contributed by atoms with E-state index >= 15 is 0 Å². The van der Waals surface area contributed by atoms with Gasteiger partial charge in [0.2, 0.25) is 0 Å². The lowest BCUT2D eigenvalue weighted by Gasteiger charge is -2.22. The maximum Gasteiger partial charge on any atom is 0.269 e. The van der Waals surface area contributed by atoms with Gasteiger partial charge in [-0.05, 0) is 54.2 Å². The average molecular weight is 635 g/mol. The molecular weight excluding hydrogens is 596 g/mol. The van der Waals surface area contributed by atoms with Crippen LogP contribution in [0.2, 0.25) is 0 Å². The van der Waals surface area contributed by atoms with Gasteiger partial charge in [0.05, 0.1) is 17.2 Å². The first-order chi connectivity index (χ1) is 20.1. The van der Waals surface area contributed by atoms with Crippen LogP contribution < -0.4 is 10.6 Å². The summed E-state index contributed by atoms with van der Waals surface area (Å²) in [6.45, 7) is 10.2. The van der Waals surface area contributed by atoms with Crippen LogP contribution in [0.1, 0.15) is 61.2 Å². The smallest absolute Gasteiger partial charge is 0.269 e. The summed E-state index contributed by atoms with van der Waals surface area (Å²) in [4.78, 5) is 33.1. The molecule has 0 spiro atoms. The predicted molar refractivity (Wildman–Crippen MR) is 169 cm³/mol. The second kappa shape index (κ2) is 14.8. The van der Waals surface area contributed by atoms with Crippen molar-refractivity contribution in [3.8, 4) is 11.1 Å². The number of aliphatic imine (C=N–C) groups is 1. The lowest BCUT2D eigenvalue weighted by Crippen LogP contribution is -2.29. The zero-order valence-electron chi connectivity index (χ0n) is 25.0. The van der Waals surface area contributed by atoms with Crippen LogP contribution in [0, 0.1) is 0 Å². The number of pyridine rings is 1. The van der Waals surface area contributed by atoms with Crippen molar-refractivity contribution < 1.29 is 35.5 Å². The molecule has 1 aliphatic rings. The molecule has 0 saturated carbocycles. The molecule has 0 radical (unpaired) electrons. The van der Waals surface area contributed by atoms with Crippen LogP contribution in [0.25, 0.3) is 21.9 Å². The summed E-state index contributed by atoms with van der Waals surface area (Å²) in [5.41, 5.74) is 4.21. The Morgan fingerprint density at radius 3 is 2.07 bits per heavy atom. The van der Waals surface area contributed by atoms with Gasteiger partial charge in [0, 0.05) is 29.6 Å². The molecule has 2 heterocycles. The summed E-state index contributed by atoms with van der Waals surface area (Å²) in [6, 6.07) is 13.1. The number of hydrogen-bond acceptors (Lipinski definition) is 9. The van der Waals surface area contributed by atoms with Crippen LogP contribution in [0.15, 0.2) is 47.5 Å². The number of aromatic nitrogens is 1. The van der Waals surface area contributed by atoms with Crippen LogP contribution in [0.3, 0.4) is 0 Å². The first-order valence-corrected chi connectivity index (χ1v) is 16.7. The van der Waals surface area contributed by atoms with Crippen LogP contribution >= 0.6 is 0 Å². The molecule has 0 fully saturated rings. The van der Waals surface area contributed by atoms with E-state index in [9.17, 15) is 26.4 Å². The third kappa shape index (κ3) is 9.46. The minimum atomic E-state index is -4.21. The van der Waals surface area contributed by atoms with E-state index in [-0.39, 0.29) is 29.1 Å². The molecule has 43 heavy (non-hydrogen) atoms. The highest BCUT2D eigenvalue weighted by atomic mass is 32.2. The van der Waals surface area contributed by atoms with Gasteiger partial charge in [0.25, 0.3) is 26.1 Å². The van der Waals surface area contributed by atoms with Crippen molar-refractivity contribution in [1.82, 2.24) is 15.6 Å². The lowest BCUT2D eigenvalue weighted by molar-refractivity contribution is 0.0951. The third-order valence-corrected chi connectivity index (χ3v) is 8.08. The van der Waals surface area contributed by atoms with E-state index in [1.807, 2.05) is 51.1 Å². The first-order valence-electron chi connectivity index (χ1n) is 13.5. The molecule has 0 aliphatic carbocycles. The molecule has 0 unspecified atom stereocenters. The Kier molecular flexibility index (Phi) is 12.2. The molecule has 2 aromatic carbocycles. The normalized spacial score (nSPS) is 13.5. The summed E-state index contributed by atoms with van der Waals surface area (Å²) in [6.07, 6.45) is 0.561. The van der Waals surface area contributed by atoms with Crippen LogP contribution in [0.5, 0.6) is 0 Å². The minimum absolute atomic E-state index is 0.0267. The molecule has 3 aromatic rings. The van der Waals surface area contributed by atoms with Crippen molar-refractivity contribution in [3.63, 3.8) is 0 Å². The largest absolute Gasteiger partial charge is 0.350 e. The Morgan fingerprint density at radius 1 is 0.953 bits per heavy atom. The Labute approximate surface area is 252 Å². The van der Waals surface area contributed by atoms with Crippen molar-refractivity contribution in [2.75, 3.05) is 31.6 Å². The van der Waals surface area contributed by atoms with E-state index in [1.165, 1.54) is 0 Å². The molecular formula is C29H38N4O8S2. The van der Waals surface area contributed by atoms with Crippen molar-refractivity contribution in [1.29, 1.82) is 0 Å². The number of fused-ring (bicyclic) bond motifs is 3. The number of hydrogen-bond donors (Lipinski definition) is 4. The Bertz CT molecular complexity index is 1730. The quantitative estimate of drug-likeness (QED) is 0.199. The SMILES string of the molecule is CC.CC1=Nc2c(cc(-c3cc(C=O)nc(C(=O)NCCS(=O)(=O)O)c3)c3ccccc23)C1(C)C.CNCCS(=O)(=O)O. The number of amides is 1. The van der Waals surface area contributed by atoms with E-state index in [4.69, 9.17) is 14.1 Å². The molecule has 1 aromatic heterocycles. The van der Waals surface area contributed by atoms with Gasteiger partial charge in [-0.15, -0.1) is 0 Å². The van der Waals surface area contributed by atoms with Gasteiger partial charge in [0.15, 0.2) is 6.29 Å². The van der Waals surface area contributed by atoms with Gasteiger partial charge in [-0.3, -0.25) is 23.7 Å². The second-order valence-electron chi connectivity index (χ2n) is 9.90. The number of benzene rings is 2. The number of carbonyl (C=O) groups excluding carboxylic acids is 2. The number of aldehydes is 1. The topological polar surface area (TPSA) is 192 Å². The highest BCUT2D eigenvalue weighted by Gasteiger charge is 2.34. The molecule has 1 amide bonds. The highest BCUT2D eigenvalue weighted by Crippen LogP contribution is 2.47. The summed E-state index contributed by atoms with van der Waals surface area (Å²) in [5, 5.41) is 6.89. The summed E-state index contributed by atoms with van der Waals surface area (Å²) >= 11 is 0. The second-order valence-corrected chi connectivity index (χ2v) is 13.0. The first kappa shape index (κ1) is 35.6. The van der Waals surface area contributed by atoms with E-state index in [1.54, 1.807) is 19.2 Å². The van der Waals surface area contributed by atoms with Gasteiger partial charge in [-0.1, -0.05) is 52.0 Å². The highest BCUT2D eigenvalue weighted by molar-refractivity contribution is 7.86. The summed E-state index contributed by atoms with van der Waals surface area (Å²) < 4.78 is 58.6. The molecule has 12 nitrogen and oxygen atoms in total. The zero-order valence-corrected chi connectivity index (χ0v) is 26.6. The molecule has 0 bridgehead atoms. The summed E-state index contributed by atoms with van der Waals surface area (Å²) in [7, 11) is -6.35. The van der Waals surface area contributed by atoms with E-state index < -0.39 is 31.9 Å². The van der Waals surface area contributed by atoms with Gasteiger partial charge >= 0.3 is 0 Å². The van der Waals surface area contributed by atoms with Crippen LogP contribution in [-0.2, 0) is 25.7 Å². The lowest BCUT2D eigenvalue weighted by atomic mass is 9.79. The van der Waals surface area contributed by atoms with Crippen molar-refractivity contribution in [2.45, 2.75) is 40.0 Å². The fourth-order valence-corrected chi connectivity index (χ4v) is 5.02. The third-order valence-electron chi connectivity index (χ3n) is 6.64. The van der Waals surface area contributed by atoms with E-state index in [2.05, 4.69) is 29.5 Å². The molecule has 0 atom stereocenters. The van der Waals surface area contributed by atoms with Gasteiger partial charge < -0.3 is 10.6 Å². The molecule has 14 heteroatoms. The van der Waals surface area contributed by atoms with Gasteiger partial charge in [0.1, 0.15) is 11.4 Å². The van der Waals surface area contributed by atoms with Crippen molar-refractivity contribution >= 4 is 54.6 Å². The maximum absolute atomic E-state index is 12.6. The number of nitrogens with one attached hydrogen (secondary N) is 2. The fourth-order valence-electron chi connectivity index (χ4n) is 4.20. The maximum atomic E-state index is 12.6. The number of nitrogens with zero attached hydrogens (tertiary/aromatic N) is 2. The van der Waals surface area contributed by atoms with Crippen molar-refractivity contribution in [3.05, 3.63) is 59.4 Å². The summed E-state index contributed by atoms with van der Waals surface area (Å²) in [5.74, 6) is -1.49. The zero-order chi connectivity index (χ0) is 32.6. The number of rotatable bonds is 9. The van der Waals surface area contributed by atoms with E-state index in [0.717, 1.165) is 33.3 Å². The van der Waals surface area contributed by atoms with Crippen LogP contribution in [0.4, 0.5) is 5.69 Å². The Morgan fingerprint density at radius 2 is 1.53 bits per heavy atom. The van der Waals surface area contributed by atoms with Crippen LogP contribution in [-0.4, -0.2) is 80.5 Å². The van der Waals surface area contributed by atoms with Gasteiger partial charge in [-0.25, -0.2) is 4.98 Å². The number of carbonyl (C=O) groups is 2. The Hall–Kier alpha value is -3.56. The fraction of sp³-hybridized carbons (Fsp3) is 0.379. The van der Waals surface area contributed by atoms with Crippen molar-refractivity contribution in [2.24, 2.45) is 4.99 Å². The van der Waals surface area contributed by atoms with E-state index in [0.29, 0.717) is 18.4 Å².